The first-order chi connectivity index (χ1) is 21.5. The van der Waals surface area contributed by atoms with Crippen molar-refractivity contribution in [2.75, 3.05) is 11.9 Å². The van der Waals surface area contributed by atoms with Crippen LogP contribution in [-0.2, 0) is 17.2 Å². The molecule has 0 radical (unpaired) electrons. The van der Waals surface area contributed by atoms with E-state index < -0.39 is 6.04 Å². The zero-order valence-corrected chi connectivity index (χ0v) is 29.5. The van der Waals surface area contributed by atoms with Crippen LogP contribution in [0.25, 0.3) is 0 Å². The summed E-state index contributed by atoms with van der Waals surface area (Å²) in [5.74, 6) is 2.28. The first-order valence-electron chi connectivity index (χ1n) is 14.4. The van der Waals surface area contributed by atoms with Gasteiger partial charge in [-0.05, 0) is 76.1 Å². The molecule has 12 heteroatoms. The molecule has 45 heavy (non-hydrogen) atoms. The maximum atomic E-state index is 13.8. The van der Waals surface area contributed by atoms with Crippen LogP contribution in [0.5, 0.6) is 11.5 Å². The molecule has 0 saturated carbocycles. The Labute approximate surface area is 289 Å². The molecule has 0 fully saturated rings. The quantitative estimate of drug-likeness (QED) is 0.171. The zero-order valence-electron chi connectivity index (χ0n) is 24.8. The van der Waals surface area contributed by atoms with Crippen molar-refractivity contribution in [3.63, 3.8) is 0 Å². The van der Waals surface area contributed by atoms with Crippen molar-refractivity contribution in [1.29, 1.82) is 0 Å². The molecule has 0 spiro atoms. The number of aromatic nitrogens is 3. The van der Waals surface area contributed by atoms with E-state index in [4.69, 9.17) is 54.4 Å². The van der Waals surface area contributed by atoms with Crippen molar-refractivity contribution in [3.05, 3.63) is 102 Å². The van der Waals surface area contributed by atoms with Gasteiger partial charge in [0.1, 0.15) is 12.6 Å². The summed E-state index contributed by atoms with van der Waals surface area (Å²) in [6.07, 6.45) is 1.14. The van der Waals surface area contributed by atoms with Crippen molar-refractivity contribution in [2.45, 2.75) is 57.2 Å². The van der Waals surface area contributed by atoms with Gasteiger partial charge in [0, 0.05) is 44.1 Å². The van der Waals surface area contributed by atoms with Crippen molar-refractivity contribution in [1.82, 2.24) is 14.8 Å². The highest BCUT2D eigenvalue weighted by Gasteiger charge is 2.42. The number of carbonyl (C=O) groups is 1. The van der Waals surface area contributed by atoms with Crippen LogP contribution < -0.4 is 14.8 Å². The molecule has 3 aromatic carbocycles. The number of thioether (sulfide) groups is 1. The number of halogens is 4. The number of anilines is 1. The SMILES string of the molecule is CCOc1cc(C2C3=C(CC(C)(C)CC3=O)Nc3nc(SCc4ccccc4Cl)nn32)cc(Br)c1OCc1c(Cl)cccc1Cl. The number of allylic oxidation sites excluding steroid dienone is 2. The van der Waals surface area contributed by atoms with E-state index in [-0.39, 0.29) is 17.8 Å². The second-order valence-corrected chi connectivity index (χ2v) is 14.7. The van der Waals surface area contributed by atoms with E-state index >= 15 is 0 Å². The Hall–Kier alpha value is -2.69. The summed E-state index contributed by atoms with van der Waals surface area (Å²) in [5.41, 5.74) is 3.84. The normalized spacial score (nSPS) is 17.0. The number of nitrogens with zero attached hydrogens (tertiary/aromatic N) is 3. The van der Waals surface area contributed by atoms with Gasteiger partial charge in [0.2, 0.25) is 11.1 Å². The average Bonchev–Trinajstić information content (AvgIpc) is 3.38. The van der Waals surface area contributed by atoms with Crippen LogP contribution in [0.1, 0.15) is 56.3 Å². The first kappa shape index (κ1) is 32.3. The predicted octanol–water partition coefficient (Wildman–Crippen LogP) is 9.93. The molecule has 1 aliphatic carbocycles. The highest BCUT2D eigenvalue weighted by atomic mass is 79.9. The summed E-state index contributed by atoms with van der Waals surface area (Å²) in [4.78, 5) is 18.6. The summed E-state index contributed by atoms with van der Waals surface area (Å²) in [5, 5.41) is 10.7. The van der Waals surface area contributed by atoms with Crippen LogP contribution in [-0.4, -0.2) is 27.2 Å². The second-order valence-electron chi connectivity index (χ2n) is 11.7. The fourth-order valence-electron chi connectivity index (χ4n) is 5.68. The number of carbonyl (C=O) groups excluding carboxylic acids is 1. The molecule has 234 valence electrons. The molecule has 7 nitrogen and oxygen atoms in total. The highest BCUT2D eigenvalue weighted by Crippen LogP contribution is 2.48. The number of fused-ring (bicyclic) bond motifs is 1. The minimum Gasteiger partial charge on any atom is -0.490 e. The maximum absolute atomic E-state index is 13.8. The van der Waals surface area contributed by atoms with Crippen molar-refractivity contribution in [2.24, 2.45) is 5.41 Å². The van der Waals surface area contributed by atoms with Crippen molar-refractivity contribution in [3.8, 4) is 11.5 Å². The lowest BCUT2D eigenvalue weighted by Gasteiger charge is -2.38. The smallest absolute Gasteiger partial charge is 0.227 e. The Morgan fingerprint density at radius 3 is 2.51 bits per heavy atom. The number of hydrogen-bond acceptors (Lipinski definition) is 7. The van der Waals surface area contributed by atoms with Gasteiger partial charge in [0.05, 0.1) is 11.1 Å². The van der Waals surface area contributed by atoms with Crippen molar-refractivity contribution >= 4 is 74.2 Å². The van der Waals surface area contributed by atoms with Gasteiger partial charge in [-0.25, -0.2) is 4.68 Å². The molecule has 0 bridgehead atoms. The average molecular weight is 749 g/mol. The second kappa shape index (κ2) is 13.2. The van der Waals surface area contributed by atoms with E-state index in [1.54, 1.807) is 22.9 Å². The molecule has 1 N–H and O–H groups in total. The topological polar surface area (TPSA) is 78.3 Å². The number of Topliss-reactive ketones (excluding diaryl/α,β-unsaturated/α-hetero) is 1. The van der Waals surface area contributed by atoms with E-state index in [9.17, 15) is 4.79 Å². The Balaban J connectivity index is 1.40. The summed E-state index contributed by atoms with van der Waals surface area (Å²) >= 11 is 24.4. The lowest BCUT2D eigenvalue weighted by atomic mass is 9.73. The Morgan fingerprint density at radius 2 is 1.78 bits per heavy atom. The summed E-state index contributed by atoms with van der Waals surface area (Å²) in [7, 11) is 0. The minimum absolute atomic E-state index is 0.0768. The van der Waals surface area contributed by atoms with Crippen LogP contribution in [0.4, 0.5) is 5.95 Å². The number of benzene rings is 3. The predicted molar refractivity (Wildman–Crippen MR) is 184 cm³/mol. The lowest BCUT2D eigenvalue weighted by Crippen LogP contribution is -2.36. The molecule has 4 aromatic rings. The highest BCUT2D eigenvalue weighted by molar-refractivity contribution is 9.10. The van der Waals surface area contributed by atoms with Gasteiger partial charge >= 0.3 is 0 Å². The van der Waals surface area contributed by atoms with Crippen molar-refractivity contribution < 1.29 is 14.3 Å². The van der Waals surface area contributed by atoms with Gasteiger partial charge in [-0.15, -0.1) is 5.10 Å². The van der Waals surface area contributed by atoms with Gasteiger partial charge < -0.3 is 14.8 Å². The van der Waals surface area contributed by atoms with E-state index in [1.807, 2.05) is 43.3 Å². The maximum Gasteiger partial charge on any atom is 0.227 e. The molecule has 1 aliphatic heterocycles. The Bertz CT molecular complexity index is 1810. The molecular formula is C33H30BrCl3N4O3S. The third-order valence-corrected chi connectivity index (χ3v) is 10.2. The molecular weight excluding hydrogens is 719 g/mol. The lowest BCUT2D eigenvalue weighted by molar-refractivity contribution is -0.118. The Morgan fingerprint density at radius 1 is 1.04 bits per heavy atom. The number of hydrogen-bond donors (Lipinski definition) is 1. The van der Waals surface area contributed by atoms with E-state index in [0.717, 1.165) is 16.8 Å². The van der Waals surface area contributed by atoms with Gasteiger partial charge in [-0.3, -0.25) is 4.79 Å². The molecule has 2 heterocycles. The third kappa shape index (κ3) is 6.74. The first-order valence-corrected chi connectivity index (χ1v) is 17.3. The molecule has 0 amide bonds. The standard InChI is InChI=1S/C33H30BrCl3N4O3S/c1-4-43-27-13-19(12-21(34)30(27)44-16-20-23(36)10-7-11-24(20)37)29-28-25(14-33(2,3)15-26(28)42)38-31-39-32(40-41(29)31)45-17-18-8-5-6-9-22(18)35/h5-13,29H,4,14-17H2,1-3H3,(H,38,39,40). The minimum atomic E-state index is -0.524. The van der Waals surface area contributed by atoms with Crippen LogP contribution >= 0.6 is 62.5 Å². The van der Waals surface area contributed by atoms with Crippen LogP contribution in [0.2, 0.25) is 15.1 Å². The number of ketones is 1. The molecule has 6 rings (SSSR count). The van der Waals surface area contributed by atoms with Gasteiger partial charge in [-0.1, -0.05) is 84.7 Å². The van der Waals surface area contributed by atoms with E-state index in [1.165, 1.54) is 11.8 Å². The number of ether oxygens (including phenoxy) is 2. The molecule has 0 saturated heterocycles. The number of rotatable bonds is 9. The molecule has 1 unspecified atom stereocenters. The molecule has 1 aromatic heterocycles. The third-order valence-electron chi connectivity index (χ3n) is 7.70. The summed E-state index contributed by atoms with van der Waals surface area (Å²) in [6, 6.07) is 16.4. The summed E-state index contributed by atoms with van der Waals surface area (Å²) < 4.78 is 14.8. The van der Waals surface area contributed by atoms with Crippen LogP contribution in [0.15, 0.2) is 75.5 Å². The fourth-order valence-corrected chi connectivity index (χ4v) is 7.88. The molecule has 1 atom stereocenters. The van der Waals surface area contributed by atoms with E-state index in [2.05, 4.69) is 35.1 Å². The summed E-state index contributed by atoms with van der Waals surface area (Å²) in [6.45, 7) is 6.68. The monoisotopic (exact) mass is 746 g/mol. The van der Waals surface area contributed by atoms with Gasteiger partial charge in [-0.2, -0.15) is 4.98 Å². The van der Waals surface area contributed by atoms with Crippen LogP contribution in [0, 0.1) is 5.41 Å². The van der Waals surface area contributed by atoms with E-state index in [0.29, 0.717) is 78.5 Å². The zero-order chi connectivity index (χ0) is 31.9. The Kier molecular flexibility index (Phi) is 9.46. The number of nitrogens with one attached hydrogen (secondary N) is 1. The van der Waals surface area contributed by atoms with Crippen LogP contribution in [0.3, 0.4) is 0 Å². The molecule has 2 aliphatic rings. The van der Waals surface area contributed by atoms with Gasteiger partial charge in [0.15, 0.2) is 17.3 Å². The van der Waals surface area contributed by atoms with Gasteiger partial charge in [0.25, 0.3) is 0 Å². The largest absolute Gasteiger partial charge is 0.490 e. The fraction of sp³-hybridized carbons (Fsp3) is 0.303.